The van der Waals surface area contributed by atoms with Crippen molar-refractivity contribution in [2.75, 3.05) is 4.90 Å². The molecule has 0 atom stereocenters. The molecule has 5 aromatic carbocycles. The number of fused-ring (bicyclic) bond motifs is 6. The van der Waals surface area contributed by atoms with Gasteiger partial charge in [0.15, 0.2) is 5.58 Å². The molecule has 0 saturated carbocycles. The third-order valence-electron chi connectivity index (χ3n) is 7.53. The normalized spacial score (nSPS) is 13.6. The Morgan fingerprint density at radius 3 is 2.19 bits per heavy atom. The zero-order chi connectivity index (χ0) is 24.4. The Morgan fingerprint density at radius 1 is 0.639 bits per heavy atom. The molecule has 174 valence electrons. The molecule has 0 N–H and O–H groups in total. The number of para-hydroxylation sites is 2. The lowest BCUT2D eigenvalue weighted by atomic mass is 9.82. The molecule has 36 heavy (non-hydrogen) atoms. The van der Waals surface area contributed by atoms with E-state index in [0.29, 0.717) is 5.02 Å². The van der Waals surface area contributed by atoms with Crippen LogP contribution in [0.5, 0.6) is 0 Å². The van der Waals surface area contributed by atoms with Crippen LogP contribution in [0.1, 0.15) is 25.0 Å². The Hall–Kier alpha value is -4.01. The molecule has 0 fully saturated rings. The predicted molar refractivity (Wildman–Crippen MR) is 151 cm³/mol. The van der Waals surface area contributed by atoms with Crippen LogP contribution in [-0.2, 0) is 5.41 Å². The molecule has 1 aliphatic carbocycles. The highest BCUT2D eigenvalue weighted by Gasteiger charge is 2.35. The number of benzene rings is 5. The summed E-state index contributed by atoms with van der Waals surface area (Å²) in [5, 5.41) is 2.94. The van der Waals surface area contributed by atoms with E-state index in [1.165, 1.54) is 22.3 Å². The zero-order valence-electron chi connectivity index (χ0n) is 20.1. The highest BCUT2D eigenvalue weighted by Crippen LogP contribution is 2.51. The van der Waals surface area contributed by atoms with Crippen molar-refractivity contribution in [1.29, 1.82) is 0 Å². The van der Waals surface area contributed by atoms with Crippen LogP contribution in [0.2, 0.25) is 5.02 Å². The van der Waals surface area contributed by atoms with Gasteiger partial charge in [-0.1, -0.05) is 86.1 Å². The second kappa shape index (κ2) is 7.74. The van der Waals surface area contributed by atoms with Crippen LogP contribution >= 0.6 is 11.6 Å². The van der Waals surface area contributed by atoms with E-state index < -0.39 is 0 Å². The largest absolute Gasteiger partial charge is 0.454 e. The smallest absolute Gasteiger partial charge is 0.159 e. The number of furan rings is 1. The first-order valence-corrected chi connectivity index (χ1v) is 12.6. The van der Waals surface area contributed by atoms with E-state index in [1.807, 2.05) is 24.3 Å². The van der Waals surface area contributed by atoms with E-state index >= 15 is 0 Å². The van der Waals surface area contributed by atoms with Crippen LogP contribution in [0.25, 0.3) is 33.1 Å². The zero-order valence-corrected chi connectivity index (χ0v) is 20.9. The standard InChI is InChI=1S/C33H24ClNO/c1-33(2)28-11-5-3-8-24(28)25-19-18-23(20-29(25)33)35(22-16-14-21(34)15-17-22)30-12-7-10-27-26-9-4-6-13-31(26)36-32(27)30/h3-20H,1-2H3. The highest BCUT2D eigenvalue weighted by molar-refractivity contribution is 6.30. The second-order valence-electron chi connectivity index (χ2n) is 9.96. The van der Waals surface area contributed by atoms with Gasteiger partial charge in [0.1, 0.15) is 5.58 Å². The molecule has 1 heterocycles. The third kappa shape index (κ3) is 3.04. The van der Waals surface area contributed by atoms with Crippen molar-refractivity contribution in [3.05, 3.63) is 125 Å². The predicted octanol–water partition coefficient (Wildman–Crippen LogP) is 10.0. The van der Waals surface area contributed by atoms with Crippen LogP contribution in [-0.4, -0.2) is 0 Å². The first-order valence-electron chi connectivity index (χ1n) is 12.2. The summed E-state index contributed by atoms with van der Waals surface area (Å²) < 4.78 is 6.45. The number of anilines is 3. The minimum atomic E-state index is -0.0844. The molecule has 0 amide bonds. The van der Waals surface area contributed by atoms with Gasteiger partial charge < -0.3 is 9.32 Å². The van der Waals surface area contributed by atoms with Crippen molar-refractivity contribution < 1.29 is 4.42 Å². The number of rotatable bonds is 3. The lowest BCUT2D eigenvalue weighted by molar-refractivity contribution is 0.660. The Kier molecular flexibility index (Phi) is 4.58. The van der Waals surface area contributed by atoms with Crippen LogP contribution < -0.4 is 4.90 Å². The maximum Gasteiger partial charge on any atom is 0.159 e. The second-order valence-corrected chi connectivity index (χ2v) is 10.4. The Morgan fingerprint density at radius 2 is 1.33 bits per heavy atom. The number of halogens is 1. The van der Waals surface area contributed by atoms with Crippen LogP contribution in [0.15, 0.2) is 114 Å². The molecule has 0 spiro atoms. The summed E-state index contributed by atoms with van der Waals surface area (Å²) in [6, 6.07) is 38.2. The monoisotopic (exact) mass is 485 g/mol. The van der Waals surface area contributed by atoms with Crippen molar-refractivity contribution in [3.8, 4) is 11.1 Å². The van der Waals surface area contributed by atoms with E-state index in [1.54, 1.807) is 0 Å². The summed E-state index contributed by atoms with van der Waals surface area (Å²) in [7, 11) is 0. The van der Waals surface area contributed by atoms with E-state index in [-0.39, 0.29) is 5.41 Å². The number of hydrogen-bond donors (Lipinski definition) is 0. The molecule has 1 aliphatic rings. The summed E-state index contributed by atoms with van der Waals surface area (Å²) in [6.45, 7) is 4.63. The number of hydrogen-bond acceptors (Lipinski definition) is 2. The van der Waals surface area contributed by atoms with Crippen molar-refractivity contribution in [1.82, 2.24) is 0 Å². The van der Waals surface area contributed by atoms with Crippen molar-refractivity contribution >= 4 is 50.6 Å². The minimum absolute atomic E-state index is 0.0844. The molecule has 0 bridgehead atoms. The van der Waals surface area contributed by atoms with Gasteiger partial charge in [0.05, 0.1) is 5.69 Å². The van der Waals surface area contributed by atoms with Crippen LogP contribution in [0, 0.1) is 0 Å². The maximum absolute atomic E-state index is 6.45. The van der Waals surface area contributed by atoms with Crippen molar-refractivity contribution in [2.24, 2.45) is 0 Å². The highest BCUT2D eigenvalue weighted by atomic mass is 35.5. The molecule has 1 aromatic heterocycles. The minimum Gasteiger partial charge on any atom is -0.454 e. The lowest BCUT2D eigenvalue weighted by Crippen LogP contribution is -2.16. The quantitative estimate of drug-likeness (QED) is 0.248. The molecular formula is C33H24ClNO. The SMILES string of the molecule is CC1(C)c2ccccc2-c2ccc(N(c3ccc(Cl)cc3)c3cccc4c3oc3ccccc34)cc21. The van der Waals surface area contributed by atoms with Gasteiger partial charge in [0, 0.05) is 32.6 Å². The molecule has 0 unspecified atom stereocenters. The molecule has 3 heteroatoms. The molecular weight excluding hydrogens is 462 g/mol. The fraction of sp³-hybridized carbons (Fsp3) is 0.0909. The molecule has 2 nitrogen and oxygen atoms in total. The molecule has 0 aliphatic heterocycles. The van der Waals surface area contributed by atoms with E-state index in [4.69, 9.17) is 16.0 Å². The average Bonchev–Trinajstić information content (AvgIpc) is 3.39. The molecule has 0 radical (unpaired) electrons. The van der Waals surface area contributed by atoms with E-state index in [9.17, 15) is 0 Å². The maximum atomic E-state index is 6.45. The van der Waals surface area contributed by atoms with Crippen molar-refractivity contribution in [2.45, 2.75) is 19.3 Å². The summed E-state index contributed by atoms with van der Waals surface area (Å²) in [6.07, 6.45) is 0. The number of nitrogens with zero attached hydrogens (tertiary/aromatic N) is 1. The fourth-order valence-electron chi connectivity index (χ4n) is 5.76. The molecule has 7 rings (SSSR count). The van der Waals surface area contributed by atoms with E-state index in [2.05, 4.69) is 104 Å². The fourth-order valence-corrected chi connectivity index (χ4v) is 5.88. The summed E-state index contributed by atoms with van der Waals surface area (Å²) in [5.41, 5.74) is 10.1. The van der Waals surface area contributed by atoms with Crippen LogP contribution in [0.4, 0.5) is 17.1 Å². The lowest BCUT2D eigenvalue weighted by Gasteiger charge is -2.28. The third-order valence-corrected chi connectivity index (χ3v) is 7.79. The van der Waals surface area contributed by atoms with Gasteiger partial charge in [0.25, 0.3) is 0 Å². The Balaban J connectivity index is 1.49. The van der Waals surface area contributed by atoms with Crippen molar-refractivity contribution in [3.63, 3.8) is 0 Å². The first-order chi connectivity index (χ1) is 17.5. The van der Waals surface area contributed by atoms with Gasteiger partial charge in [-0.3, -0.25) is 0 Å². The Labute approximate surface area is 215 Å². The summed E-state index contributed by atoms with van der Waals surface area (Å²) in [4.78, 5) is 2.28. The van der Waals surface area contributed by atoms with Gasteiger partial charge in [-0.05, 0) is 70.8 Å². The summed E-state index contributed by atoms with van der Waals surface area (Å²) in [5.74, 6) is 0. The van der Waals surface area contributed by atoms with Gasteiger partial charge in [-0.25, -0.2) is 0 Å². The summed E-state index contributed by atoms with van der Waals surface area (Å²) >= 11 is 6.29. The molecule has 0 saturated heterocycles. The average molecular weight is 486 g/mol. The topological polar surface area (TPSA) is 16.4 Å². The van der Waals surface area contributed by atoms with E-state index in [0.717, 1.165) is 39.0 Å². The molecule has 6 aromatic rings. The van der Waals surface area contributed by atoms with Gasteiger partial charge in [0.2, 0.25) is 0 Å². The first kappa shape index (κ1) is 21.3. The van der Waals surface area contributed by atoms with Crippen LogP contribution in [0.3, 0.4) is 0 Å². The Bertz CT molecular complexity index is 1780. The van der Waals surface area contributed by atoms with Gasteiger partial charge in [-0.15, -0.1) is 0 Å². The van der Waals surface area contributed by atoms with Gasteiger partial charge >= 0.3 is 0 Å². The van der Waals surface area contributed by atoms with Gasteiger partial charge in [-0.2, -0.15) is 0 Å².